The number of nitrogens with one attached hydrogen (secondary N) is 1. The van der Waals surface area contributed by atoms with Gasteiger partial charge in [0.05, 0.1) is 6.26 Å². The summed E-state index contributed by atoms with van der Waals surface area (Å²) in [6.07, 6.45) is 2.96. The molecule has 3 rings (SSSR count). The number of hydrogen-bond acceptors (Lipinski definition) is 3. The van der Waals surface area contributed by atoms with Crippen LogP contribution >= 0.6 is 0 Å². The monoisotopic (exact) mass is 330 g/mol. The molecular formula is C18H22N2O2S. The summed E-state index contributed by atoms with van der Waals surface area (Å²) in [6.45, 7) is 1.19. The zero-order valence-corrected chi connectivity index (χ0v) is 14.1. The van der Waals surface area contributed by atoms with Gasteiger partial charge in [0.2, 0.25) is 10.0 Å². The summed E-state index contributed by atoms with van der Waals surface area (Å²) in [5.74, 6) is 0. The SMILES string of the molecule is CS(=O)(=O)N1CCC(Nc2ccc(-c3ccccc3)cc2)CC1. The third-order valence-electron chi connectivity index (χ3n) is 4.29. The Kier molecular flexibility index (Phi) is 4.68. The lowest BCUT2D eigenvalue weighted by Gasteiger charge is -2.31. The second kappa shape index (κ2) is 6.72. The van der Waals surface area contributed by atoms with Crippen LogP contribution in [0.15, 0.2) is 54.6 Å². The van der Waals surface area contributed by atoms with Crippen molar-refractivity contribution in [1.82, 2.24) is 4.31 Å². The summed E-state index contributed by atoms with van der Waals surface area (Å²) in [5, 5.41) is 3.51. The normalized spacial score (nSPS) is 17.1. The van der Waals surface area contributed by atoms with Gasteiger partial charge < -0.3 is 5.32 Å². The van der Waals surface area contributed by atoms with Crippen LogP contribution in [0.4, 0.5) is 5.69 Å². The molecule has 1 fully saturated rings. The molecule has 0 bridgehead atoms. The molecule has 2 aromatic rings. The third-order valence-corrected chi connectivity index (χ3v) is 5.59. The van der Waals surface area contributed by atoms with Gasteiger partial charge in [0, 0.05) is 24.8 Å². The first-order chi connectivity index (χ1) is 11.0. The van der Waals surface area contributed by atoms with E-state index >= 15 is 0 Å². The average molecular weight is 330 g/mol. The standard InChI is InChI=1S/C18H22N2O2S/c1-23(21,22)20-13-11-18(12-14-20)19-17-9-7-16(8-10-17)15-5-3-2-4-6-15/h2-10,18-19H,11-14H2,1H3. The lowest BCUT2D eigenvalue weighted by Crippen LogP contribution is -2.41. The molecule has 0 spiro atoms. The van der Waals surface area contributed by atoms with E-state index in [1.54, 1.807) is 4.31 Å². The molecule has 122 valence electrons. The van der Waals surface area contributed by atoms with E-state index in [2.05, 4.69) is 41.7 Å². The Balaban J connectivity index is 1.60. The minimum atomic E-state index is -3.05. The van der Waals surface area contributed by atoms with Gasteiger partial charge in [0.15, 0.2) is 0 Å². The first-order valence-corrected chi connectivity index (χ1v) is 9.74. The highest BCUT2D eigenvalue weighted by Crippen LogP contribution is 2.23. The van der Waals surface area contributed by atoms with E-state index in [4.69, 9.17) is 0 Å². The van der Waals surface area contributed by atoms with Crippen LogP contribution < -0.4 is 5.32 Å². The molecule has 1 aliphatic rings. The van der Waals surface area contributed by atoms with Gasteiger partial charge in [-0.2, -0.15) is 0 Å². The van der Waals surface area contributed by atoms with E-state index in [0.29, 0.717) is 19.1 Å². The van der Waals surface area contributed by atoms with Crippen LogP contribution in [0.2, 0.25) is 0 Å². The van der Waals surface area contributed by atoms with E-state index in [0.717, 1.165) is 18.5 Å². The van der Waals surface area contributed by atoms with Crippen molar-refractivity contribution in [3.8, 4) is 11.1 Å². The summed E-state index contributed by atoms with van der Waals surface area (Å²) < 4.78 is 24.6. The second-order valence-corrected chi connectivity index (χ2v) is 8.01. The molecule has 5 heteroatoms. The first-order valence-electron chi connectivity index (χ1n) is 7.89. The molecule has 0 atom stereocenters. The van der Waals surface area contributed by atoms with Crippen LogP contribution in [0.3, 0.4) is 0 Å². The largest absolute Gasteiger partial charge is 0.382 e. The van der Waals surface area contributed by atoms with Gasteiger partial charge in [-0.15, -0.1) is 0 Å². The molecule has 0 unspecified atom stereocenters. The van der Waals surface area contributed by atoms with Crippen molar-refractivity contribution < 1.29 is 8.42 Å². The van der Waals surface area contributed by atoms with Crippen LogP contribution in [0.5, 0.6) is 0 Å². The highest BCUT2D eigenvalue weighted by Gasteiger charge is 2.24. The molecule has 0 radical (unpaired) electrons. The number of hydrogen-bond donors (Lipinski definition) is 1. The molecule has 0 aliphatic carbocycles. The lowest BCUT2D eigenvalue weighted by atomic mass is 10.0. The fourth-order valence-electron chi connectivity index (χ4n) is 2.96. The van der Waals surface area contributed by atoms with Gasteiger partial charge in [0.1, 0.15) is 0 Å². The highest BCUT2D eigenvalue weighted by atomic mass is 32.2. The van der Waals surface area contributed by atoms with Crippen LogP contribution in [0, 0.1) is 0 Å². The average Bonchev–Trinajstić information content (AvgIpc) is 2.56. The summed E-state index contributed by atoms with van der Waals surface area (Å²) in [5.41, 5.74) is 3.49. The van der Waals surface area contributed by atoms with Gasteiger partial charge in [-0.1, -0.05) is 42.5 Å². The van der Waals surface area contributed by atoms with Crippen LogP contribution in [-0.2, 0) is 10.0 Å². The second-order valence-electron chi connectivity index (χ2n) is 6.02. The van der Waals surface area contributed by atoms with Crippen molar-refractivity contribution in [2.45, 2.75) is 18.9 Å². The number of nitrogens with zero attached hydrogens (tertiary/aromatic N) is 1. The number of anilines is 1. The Morgan fingerprint density at radius 1 is 0.913 bits per heavy atom. The van der Waals surface area contributed by atoms with Gasteiger partial charge >= 0.3 is 0 Å². The Bertz CT molecular complexity index is 734. The molecule has 0 saturated carbocycles. The highest BCUT2D eigenvalue weighted by molar-refractivity contribution is 7.88. The van der Waals surface area contributed by atoms with Crippen molar-refractivity contribution in [1.29, 1.82) is 0 Å². The molecule has 2 aromatic carbocycles. The van der Waals surface area contributed by atoms with Gasteiger partial charge in [-0.3, -0.25) is 0 Å². The fraction of sp³-hybridized carbons (Fsp3) is 0.333. The lowest BCUT2D eigenvalue weighted by molar-refractivity contribution is 0.332. The van der Waals surface area contributed by atoms with Crippen molar-refractivity contribution in [2.24, 2.45) is 0 Å². The number of sulfonamides is 1. The smallest absolute Gasteiger partial charge is 0.211 e. The fourth-order valence-corrected chi connectivity index (χ4v) is 3.83. The van der Waals surface area contributed by atoms with E-state index in [-0.39, 0.29) is 0 Å². The molecule has 1 heterocycles. The topological polar surface area (TPSA) is 49.4 Å². The van der Waals surface area contributed by atoms with Crippen molar-refractivity contribution in [3.05, 3.63) is 54.6 Å². The molecule has 23 heavy (non-hydrogen) atoms. The molecule has 4 nitrogen and oxygen atoms in total. The van der Waals surface area contributed by atoms with Gasteiger partial charge in [-0.05, 0) is 36.1 Å². The van der Waals surface area contributed by atoms with E-state index in [1.165, 1.54) is 17.4 Å². The number of rotatable bonds is 4. The van der Waals surface area contributed by atoms with Crippen molar-refractivity contribution in [2.75, 3.05) is 24.7 Å². The Hall–Kier alpha value is -1.85. The molecule has 0 amide bonds. The Morgan fingerprint density at radius 3 is 2.04 bits per heavy atom. The third kappa shape index (κ3) is 4.12. The van der Waals surface area contributed by atoms with E-state index < -0.39 is 10.0 Å². The maximum atomic E-state index is 11.5. The minimum Gasteiger partial charge on any atom is -0.382 e. The predicted molar refractivity (Wildman–Crippen MR) is 94.9 cm³/mol. The molecule has 1 aliphatic heterocycles. The summed E-state index contributed by atoms with van der Waals surface area (Å²) in [4.78, 5) is 0. The molecular weight excluding hydrogens is 308 g/mol. The zero-order valence-electron chi connectivity index (χ0n) is 13.3. The molecule has 0 aromatic heterocycles. The summed E-state index contributed by atoms with van der Waals surface area (Å²) in [7, 11) is -3.05. The van der Waals surface area contributed by atoms with Crippen LogP contribution in [0.25, 0.3) is 11.1 Å². The Labute approximate surface area is 138 Å². The minimum absolute atomic E-state index is 0.329. The summed E-state index contributed by atoms with van der Waals surface area (Å²) >= 11 is 0. The number of benzene rings is 2. The summed E-state index contributed by atoms with van der Waals surface area (Å²) in [6, 6.07) is 19.0. The quantitative estimate of drug-likeness (QED) is 0.936. The van der Waals surface area contributed by atoms with Crippen LogP contribution in [-0.4, -0.2) is 38.1 Å². The van der Waals surface area contributed by atoms with E-state index in [9.17, 15) is 8.42 Å². The van der Waals surface area contributed by atoms with Crippen molar-refractivity contribution >= 4 is 15.7 Å². The van der Waals surface area contributed by atoms with Gasteiger partial charge in [0.25, 0.3) is 0 Å². The maximum absolute atomic E-state index is 11.5. The van der Waals surface area contributed by atoms with Crippen LogP contribution in [0.1, 0.15) is 12.8 Å². The predicted octanol–water partition coefficient (Wildman–Crippen LogP) is 3.19. The maximum Gasteiger partial charge on any atom is 0.211 e. The molecule has 1 N–H and O–H groups in total. The zero-order chi connectivity index (χ0) is 16.3. The number of piperidine rings is 1. The first kappa shape index (κ1) is 16.0. The van der Waals surface area contributed by atoms with E-state index in [1.807, 2.05) is 18.2 Å². The van der Waals surface area contributed by atoms with Crippen molar-refractivity contribution in [3.63, 3.8) is 0 Å². The van der Waals surface area contributed by atoms with Gasteiger partial charge in [-0.25, -0.2) is 12.7 Å². The Morgan fingerprint density at radius 2 is 1.48 bits per heavy atom. The molecule has 1 saturated heterocycles.